The van der Waals surface area contributed by atoms with E-state index in [1.165, 1.54) is 16.2 Å². The van der Waals surface area contributed by atoms with E-state index in [2.05, 4.69) is 11.9 Å². The van der Waals surface area contributed by atoms with Crippen molar-refractivity contribution >= 4 is 55.7 Å². The van der Waals surface area contributed by atoms with E-state index >= 15 is 0 Å². The van der Waals surface area contributed by atoms with Gasteiger partial charge in [-0.1, -0.05) is 42.3 Å². The minimum Gasteiger partial charge on any atom is -0.507 e. The third-order valence-corrected chi connectivity index (χ3v) is 8.75. The number of nitrogens with zero attached hydrogens (tertiary/aromatic N) is 2. The van der Waals surface area contributed by atoms with Crippen molar-refractivity contribution in [2.45, 2.75) is 52.2 Å². The first-order chi connectivity index (χ1) is 20.8. The van der Waals surface area contributed by atoms with Gasteiger partial charge in [-0.05, 0) is 79.9 Å². The highest BCUT2D eigenvalue weighted by Crippen LogP contribution is 2.46. The van der Waals surface area contributed by atoms with Gasteiger partial charge < -0.3 is 19.3 Å². The molecular weight excluding hydrogens is 588 g/mol. The number of hydrogen-bond donors (Lipinski definition) is 1. The maximum atomic E-state index is 13.8. The average Bonchev–Trinajstić information content (AvgIpc) is 3.65. The topological polar surface area (TPSA) is 98.2 Å². The van der Waals surface area contributed by atoms with Crippen molar-refractivity contribution in [1.29, 1.82) is 0 Å². The highest BCUT2D eigenvalue weighted by atomic mass is 35.5. The van der Waals surface area contributed by atoms with E-state index in [0.29, 0.717) is 57.9 Å². The van der Waals surface area contributed by atoms with E-state index in [0.717, 1.165) is 28.9 Å². The molecule has 222 valence electrons. The number of ketones is 1. The quantitative estimate of drug-likeness (QED) is 0.0899. The average molecular weight is 619 g/mol. The Labute approximate surface area is 258 Å². The fraction of sp³-hybridized carbons (Fsp3) is 0.303. The number of anilines is 1. The number of benzene rings is 3. The second-order valence-electron chi connectivity index (χ2n) is 10.6. The molecule has 3 aromatic carbocycles. The number of thiazole rings is 1. The van der Waals surface area contributed by atoms with Gasteiger partial charge in [0.2, 0.25) is 0 Å². The molecule has 2 aliphatic heterocycles. The summed E-state index contributed by atoms with van der Waals surface area (Å²) in [6, 6.07) is 14.9. The number of halogens is 1. The fourth-order valence-corrected chi connectivity index (χ4v) is 6.74. The number of unbranched alkanes of at least 4 members (excludes halogenated alkanes) is 1. The summed E-state index contributed by atoms with van der Waals surface area (Å²) in [5.41, 5.74) is 2.55. The zero-order valence-corrected chi connectivity index (χ0v) is 25.6. The lowest BCUT2D eigenvalue weighted by atomic mass is 9.94. The number of hydrogen-bond acceptors (Lipinski definition) is 8. The second kappa shape index (κ2) is 11.9. The normalized spacial score (nSPS) is 19.1. The number of aromatic nitrogens is 1. The summed E-state index contributed by atoms with van der Waals surface area (Å²) in [6.07, 6.45) is 2.57. The number of aliphatic hydroxyl groups excluding tert-OH is 1. The Morgan fingerprint density at radius 2 is 1.93 bits per heavy atom. The molecular formula is C33H31ClN2O6S. The summed E-state index contributed by atoms with van der Waals surface area (Å²) in [5, 5.41) is 12.6. The number of Topliss-reactive ketones (excluding diaryl/α,β-unsaturated/α-hetero) is 1. The number of amides is 1. The van der Waals surface area contributed by atoms with E-state index < -0.39 is 17.7 Å². The number of carbonyl (C=O) groups is 2. The standard InChI is InChI=1S/C33H31ClN2O6S/c1-4-6-13-41-25-12-7-19(16-26(25)40-5-2)29-28(30(37)20-8-11-24-21(15-20)14-18(3)42-24)31(38)32(39)36(29)33-35-23-10-9-22(34)17-27(23)43-33/h7-12,15-18,29,37H,4-6,13-14H2,1-3H3/b30-28+/t18-,29+/m1/s1. The number of ether oxygens (including phenoxy) is 3. The molecule has 1 fully saturated rings. The first-order valence-corrected chi connectivity index (χ1v) is 15.5. The van der Waals surface area contributed by atoms with Crippen molar-refractivity contribution in [2.24, 2.45) is 0 Å². The van der Waals surface area contributed by atoms with Crippen molar-refractivity contribution in [3.63, 3.8) is 0 Å². The molecule has 6 rings (SSSR count). The summed E-state index contributed by atoms with van der Waals surface area (Å²) in [4.78, 5) is 33.6. The highest BCUT2D eigenvalue weighted by Gasteiger charge is 2.48. The molecule has 0 saturated carbocycles. The molecule has 1 aromatic heterocycles. The SMILES string of the molecule is CCCCOc1ccc([C@H]2/C(=C(\O)c3ccc4c(c3)C[C@@H](C)O4)C(=O)C(=O)N2c2nc3ccc(Cl)cc3s2)cc1OCC. The Hall–Kier alpha value is -4.08. The molecule has 3 heterocycles. The molecule has 10 heteroatoms. The van der Waals surface area contributed by atoms with Crippen molar-refractivity contribution in [3.05, 3.63) is 81.9 Å². The minimum atomic E-state index is -0.969. The lowest BCUT2D eigenvalue weighted by Gasteiger charge is -2.24. The van der Waals surface area contributed by atoms with Crippen molar-refractivity contribution in [3.8, 4) is 17.2 Å². The molecule has 8 nitrogen and oxygen atoms in total. The summed E-state index contributed by atoms with van der Waals surface area (Å²) >= 11 is 7.47. The smallest absolute Gasteiger partial charge is 0.301 e. The Morgan fingerprint density at radius 3 is 2.72 bits per heavy atom. The van der Waals surface area contributed by atoms with E-state index in [4.69, 9.17) is 25.8 Å². The van der Waals surface area contributed by atoms with Gasteiger partial charge in [-0.15, -0.1) is 0 Å². The molecule has 0 unspecified atom stereocenters. The first kappa shape index (κ1) is 29.0. The third-order valence-electron chi connectivity index (χ3n) is 7.50. The fourth-order valence-electron chi connectivity index (χ4n) is 5.47. The van der Waals surface area contributed by atoms with Gasteiger partial charge in [0.1, 0.15) is 17.6 Å². The molecule has 2 aliphatic rings. The van der Waals surface area contributed by atoms with Crippen LogP contribution in [0.15, 0.2) is 60.2 Å². The van der Waals surface area contributed by atoms with E-state index in [1.807, 2.05) is 19.9 Å². The predicted molar refractivity (Wildman–Crippen MR) is 168 cm³/mol. The number of rotatable bonds is 9. The van der Waals surface area contributed by atoms with Gasteiger partial charge in [0, 0.05) is 17.0 Å². The molecule has 4 aromatic rings. The van der Waals surface area contributed by atoms with Crippen LogP contribution in [0.25, 0.3) is 16.0 Å². The van der Waals surface area contributed by atoms with E-state index in [1.54, 1.807) is 48.5 Å². The van der Waals surface area contributed by atoms with Gasteiger partial charge >= 0.3 is 5.91 Å². The molecule has 1 amide bonds. The van der Waals surface area contributed by atoms with Crippen LogP contribution in [0.1, 0.15) is 56.3 Å². The molecule has 0 radical (unpaired) electrons. The maximum Gasteiger partial charge on any atom is 0.301 e. The lowest BCUT2D eigenvalue weighted by molar-refractivity contribution is -0.132. The van der Waals surface area contributed by atoms with Gasteiger partial charge in [0.25, 0.3) is 5.78 Å². The van der Waals surface area contributed by atoms with Crippen LogP contribution in [0.5, 0.6) is 17.2 Å². The number of aliphatic hydroxyl groups is 1. The van der Waals surface area contributed by atoms with Crippen LogP contribution in [0, 0.1) is 0 Å². The van der Waals surface area contributed by atoms with Gasteiger partial charge in [-0.3, -0.25) is 14.5 Å². The van der Waals surface area contributed by atoms with Crippen LogP contribution in [0.3, 0.4) is 0 Å². The molecule has 1 N–H and O–H groups in total. The van der Waals surface area contributed by atoms with Gasteiger partial charge in [-0.25, -0.2) is 4.98 Å². The van der Waals surface area contributed by atoms with E-state index in [9.17, 15) is 14.7 Å². The van der Waals surface area contributed by atoms with Gasteiger partial charge in [0.05, 0.1) is 35.0 Å². The largest absolute Gasteiger partial charge is 0.507 e. The Kier molecular flexibility index (Phi) is 8.03. The van der Waals surface area contributed by atoms with Crippen molar-refractivity contribution < 1.29 is 28.9 Å². The molecule has 0 aliphatic carbocycles. The van der Waals surface area contributed by atoms with Crippen LogP contribution in [-0.4, -0.2) is 41.1 Å². The summed E-state index contributed by atoms with van der Waals surface area (Å²) in [5.74, 6) is -0.0465. The highest BCUT2D eigenvalue weighted by molar-refractivity contribution is 7.22. The van der Waals surface area contributed by atoms with E-state index in [-0.39, 0.29) is 17.4 Å². The summed E-state index contributed by atoms with van der Waals surface area (Å²) in [6.45, 7) is 6.86. The van der Waals surface area contributed by atoms with Crippen molar-refractivity contribution in [1.82, 2.24) is 4.98 Å². The van der Waals surface area contributed by atoms with Crippen LogP contribution in [0.4, 0.5) is 5.13 Å². The van der Waals surface area contributed by atoms with Crippen LogP contribution in [-0.2, 0) is 16.0 Å². The predicted octanol–water partition coefficient (Wildman–Crippen LogP) is 7.48. The Morgan fingerprint density at radius 1 is 1.09 bits per heavy atom. The third kappa shape index (κ3) is 5.43. The summed E-state index contributed by atoms with van der Waals surface area (Å²) < 4.78 is 18.5. The van der Waals surface area contributed by atoms with Crippen LogP contribution in [0.2, 0.25) is 5.02 Å². The van der Waals surface area contributed by atoms with Gasteiger partial charge in [-0.2, -0.15) is 0 Å². The molecule has 43 heavy (non-hydrogen) atoms. The maximum absolute atomic E-state index is 13.8. The molecule has 1 saturated heterocycles. The van der Waals surface area contributed by atoms with Gasteiger partial charge in [0.15, 0.2) is 16.6 Å². The van der Waals surface area contributed by atoms with Crippen molar-refractivity contribution in [2.75, 3.05) is 18.1 Å². The monoisotopic (exact) mass is 618 g/mol. The first-order valence-electron chi connectivity index (χ1n) is 14.4. The zero-order valence-electron chi connectivity index (χ0n) is 24.1. The Balaban J connectivity index is 1.51. The van der Waals surface area contributed by atoms with Crippen LogP contribution < -0.4 is 19.1 Å². The number of carbonyl (C=O) groups excluding carboxylic acids is 2. The summed E-state index contributed by atoms with van der Waals surface area (Å²) in [7, 11) is 0. The molecule has 0 bridgehead atoms. The Bertz CT molecular complexity index is 1770. The minimum absolute atomic E-state index is 0.0144. The number of fused-ring (bicyclic) bond motifs is 2. The zero-order chi connectivity index (χ0) is 30.2. The molecule has 0 spiro atoms. The molecule has 2 atom stereocenters. The lowest BCUT2D eigenvalue weighted by Crippen LogP contribution is -2.29. The second-order valence-corrected chi connectivity index (χ2v) is 12.0. The van der Waals surface area contributed by atoms with Crippen LogP contribution >= 0.6 is 22.9 Å².